The van der Waals surface area contributed by atoms with Gasteiger partial charge in [-0.3, -0.25) is 15.1 Å². The highest BCUT2D eigenvalue weighted by atomic mass is 16.3. The Kier molecular flexibility index (Phi) is 4.92. The number of furan rings is 1. The van der Waals surface area contributed by atoms with Crippen molar-refractivity contribution < 1.29 is 9.21 Å². The number of carbonyl (C=O) groups is 1. The van der Waals surface area contributed by atoms with Gasteiger partial charge in [-0.25, -0.2) is 5.84 Å². The van der Waals surface area contributed by atoms with Gasteiger partial charge in [-0.05, 0) is 6.07 Å². The van der Waals surface area contributed by atoms with Crippen LogP contribution in [0.25, 0.3) is 11.0 Å². The Balaban J connectivity index is 2.43. The van der Waals surface area contributed by atoms with Crippen molar-refractivity contribution in [3.05, 3.63) is 60.9 Å². The number of nitrogens with zero attached hydrogens (tertiary/aromatic N) is 1. The van der Waals surface area contributed by atoms with Gasteiger partial charge in [0, 0.05) is 18.5 Å². The number of rotatable bonds is 7. The van der Waals surface area contributed by atoms with E-state index in [9.17, 15) is 4.79 Å². The first-order valence-corrected chi connectivity index (χ1v) is 6.66. The molecular weight excluding hydrogens is 266 g/mol. The van der Waals surface area contributed by atoms with Crippen LogP contribution < -0.4 is 11.3 Å². The van der Waals surface area contributed by atoms with Gasteiger partial charge in [0.2, 0.25) is 0 Å². The molecule has 0 fully saturated rings. The first kappa shape index (κ1) is 15.0. The summed E-state index contributed by atoms with van der Waals surface area (Å²) < 4.78 is 5.82. The van der Waals surface area contributed by atoms with Crippen molar-refractivity contribution in [2.75, 3.05) is 13.1 Å². The fraction of sp³-hybridized carbons (Fsp3) is 0.188. The van der Waals surface area contributed by atoms with Gasteiger partial charge < -0.3 is 4.42 Å². The molecule has 0 aliphatic carbocycles. The van der Waals surface area contributed by atoms with Crippen LogP contribution in [0.4, 0.5) is 0 Å². The molecule has 0 saturated heterocycles. The number of benzene rings is 1. The van der Waals surface area contributed by atoms with Gasteiger partial charge in [0.05, 0.1) is 12.1 Å². The minimum atomic E-state index is -0.355. The van der Waals surface area contributed by atoms with Crippen molar-refractivity contribution in [3.8, 4) is 0 Å². The molecule has 21 heavy (non-hydrogen) atoms. The topological polar surface area (TPSA) is 71.5 Å². The lowest BCUT2D eigenvalue weighted by Gasteiger charge is -2.17. The Morgan fingerprint density at radius 3 is 2.57 bits per heavy atom. The van der Waals surface area contributed by atoms with E-state index in [1.165, 1.54) is 0 Å². The quantitative estimate of drug-likeness (QED) is 0.354. The summed E-state index contributed by atoms with van der Waals surface area (Å²) in [7, 11) is 0. The molecular formula is C16H19N3O2. The number of hydrogen-bond donors (Lipinski definition) is 2. The highest BCUT2D eigenvalue weighted by Crippen LogP contribution is 2.26. The van der Waals surface area contributed by atoms with Gasteiger partial charge in [-0.1, -0.05) is 30.4 Å². The highest BCUT2D eigenvalue weighted by molar-refractivity contribution is 6.07. The van der Waals surface area contributed by atoms with E-state index in [0.29, 0.717) is 36.5 Å². The Hall–Kier alpha value is -2.37. The molecule has 3 N–H and O–H groups in total. The molecule has 1 amide bonds. The molecule has 0 unspecified atom stereocenters. The summed E-state index contributed by atoms with van der Waals surface area (Å²) in [4.78, 5) is 14.1. The molecule has 0 aliphatic heterocycles. The van der Waals surface area contributed by atoms with Gasteiger partial charge in [-0.2, -0.15) is 0 Å². The largest absolute Gasteiger partial charge is 0.459 e. The molecule has 5 heteroatoms. The molecule has 2 aromatic rings. The summed E-state index contributed by atoms with van der Waals surface area (Å²) in [6.07, 6.45) is 3.60. The van der Waals surface area contributed by atoms with Crippen LogP contribution in [0.5, 0.6) is 0 Å². The number of nitrogens with two attached hydrogens (primary N) is 1. The lowest BCUT2D eigenvalue weighted by molar-refractivity contribution is 0.0951. The van der Waals surface area contributed by atoms with Crippen molar-refractivity contribution in [2.45, 2.75) is 6.54 Å². The SMILES string of the molecule is C=CCN(CC=C)Cc1oc2ccccc2c1C(=O)NN. The second-order valence-electron chi connectivity index (χ2n) is 4.64. The Morgan fingerprint density at radius 2 is 1.95 bits per heavy atom. The van der Waals surface area contributed by atoms with Crippen molar-refractivity contribution in [1.82, 2.24) is 10.3 Å². The zero-order valence-corrected chi connectivity index (χ0v) is 11.8. The molecule has 1 aromatic heterocycles. The number of para-hydroxylation sites is 1. The van der Waals surface area contributed by atoms with Crippen LogP contribution in [0.2, 0.25) is 0 Å². The fourth-order valence-corrected chi connectivity index (χ4v) is 2.30. The summed E-state index contributed by atoms with van der Waals surface area (Å²) in [6, 6.07) is 7.40. The van der Waals surface area contributed by atoms with Crippen LogP contribution in [0.1, 0.15) is 16.1 Å². The highest BCUT2D eigenvalue weighted by Gasteiger charge is 2.21. The molecule has 0 saturated carbocycles. The maximum atomic E-state index is 12.1. The molecule has 110 valence electrons. The third kappa shape index (κ3) is 3.21. The van der Waals surface area contributed by atoms with E-state index >= 15 is 0 Å². The van der Waals surface area contributed by atoms with E-state index in [-0.39, 0.29) is 5.91 Å². The van der Waals surface area contributed by atoms with Crippen LogP contribution in [0.3, 0.4) is 0 Å². The number of carbonyl (C=O) groups excluding carboxylic acids is 1. The number of fused-ring (bicyclic) bond motifs is 1. The van der Waals surface area contributed by atoms with Gasteiger partial charge in [-0.15, -0.1) is 13.2 Å². The number of hydrazine groups is 1. The maximum Gasteiger partial charge on any atom is 0.269 e. The second kappa shape index (κ2) is 6.88. The average Bonchev–Trinajstić information content (AvgIpc) is 2.85. The van der Waals surface area contributed by atoms with E-state index in [4.69, 9.17) is 10.3 Å². The smallest absolute Gasteiger partial charge is 0.269 e. The van der Waals surface area contributed by atoms with Crippen molar-refractivity contribution in [1.29, 1.82) is 0 Å². The zero-order valence-electron chi connectivity index (χ0n) is 11.8. The molecule has 1 heterocycles. The first-order valence-electron chi connectivity index (χ1n) is 6.66. The minimum Gasteiger partial charge on any atom is -0.459 e. The summed E-state index contributed by atoms with van der Waals surface area (Å²) in [5, 5.41) is 0.757. The summed E-state index contributed by atoms with van der Waals surface area (Å²) >= 11 is 0. The molecule has 2 rings (SSSR count). The predicted molar refractivity (Wildman–Crippen MR) is 83.5 cm³/mol. The molecule has 0 bridgehead atoms. The third-order valence-electron chi connectivity index (χ3n) is 3.17. The number of nitrogen functional groups attached to an aromatic ring is 1. The molecule has 0 spiro atoms. The Morgan fingerprint density at radius 1 is 1.29 bits per heavy atom. The molecule has 0 atom stereocenters. The average molecular weight is 285 g/mol. The van der Waals surface area contributed by atoms with Crippen molar-refractivity contribution >= 4 is 16.9 Å². The minimum absolute atomic E-state index is 0.355. The predicted octanol–water partition coefficient (Wildman–Crippen LogP) is 2.21. The van der Waals surface area contributed by atoms with E-state index in [0.717, 1.165) is 5.39 Å². The monoisotopic (exact) mass is 285 g/mol. The van der Waals surface area contributed by atoms with Gasteiger partial charge in [0.15, 0.2) is 0 Å². The Labute approximate surface area is 123 Å². The van der Waals surface area contributed by atoms with Crippen LogP contribution in [0, 0.1) is 0 Å². The standard InChI is InChI=1S/C16H19N3O2/c1-3-9-19(10-4-2)11-14-15(16(20)18-17)12-7-5-6-8-13(12)21-14/h3-8H,1-2,9-11,17H2,(H,18,20). The van der Waals surface area contributed by atoms with E-state index < -0.39 is 0 Å². The first-order chi connectivity index (χ1) is 10.2. The van der Waals surface area contributed by atoms with Gasteiger partial charge >= 0.3 is 0 Å². The lowest BCUT2D eigenvalue weighted by Crippen LogP contribution is -2.31. The van der Waals surface area contributed by atoms with Crippen LogP contribution in [0.15, 0.2) is 54.0 Å². The second-order valence-corrected chi connectivity index (χ2v) is 4.64. The van der Waals surface area contributed by atoms with Gasteiger partial charge in [0.1, 0.15) is 11.3 Å². The van der Waals surface area contributed by atoms with Crippen molar-refractivity contribution in [2.24, 2.45) is 5.84 Å². The third-order valence-corrected chi connectivity index (χ3v) is 3.17. The maximum absolute atomic E-state index is 12.1. The summed E-state index contributed by atoms with van der Waals surface area (Å²) in [5.41, 5.74) is 3.33. The number of nitrogens with one attached hydrogen (secondary N) is 1. The lowest BCUT2D eigenvalue weighted by atomic mass is 10.1. The molecule has 1 aromatic carbocycles. The molecule has 0 aliphatic rings. The number of amides is 1. The van der Waals surface area contributed by atoms with Crippen LogP contribution in [-0.2, 0) is 6.54 Å². The summed E-state index contributed by atoms with van der Waals surface area (Å²) in [5.74, 6) is 5.52. The van der Waals surface area contributed by atoms with E-state index in [1.54, 1.807) is 12.2 Å². The Bertz CT molecular complexity index is 651. The normalized spacial score (nSPS) is 10.8. The zero-order chi connectivity index (χ0) is 15.2. The van der Waals surface area contributed by atoms with Crippen LogP contribution in [-0.4, -0.2) is 23.9 Å². The van der Waals surface area contributed by atoms with Gasteiger partial charge in [0.25, 0.3) is 5.91 Å². The van der Waals surface area contributed by atoms with Crippen molar-refractivity contribution in [3.63, 3.8) is 0 Å². The van der Waals surface area contributed by atoms with E-state index in [1.807, 2.05) is 24.3 Å². The molecule has 5 nitrogen and oxygen atoms in total. The summed E-state index contributed by atoms with van der Waals surface area (Å²) in [6.45, 7) is 9.30. The molecule has 0 radical (unpaired) electrons. The fourth-order valence-electron chi connectivity index (χ4n) is 2.30. The van der Waals surface area contributed by atoms with Crippen LogP contribution >= 0.6 is 0 Å². The van der Waals surface area contributed by atoms with E-state index in [2.05, 4.69) is 23.5 Å². The number of hydrogen-bond acceptors (Lipinski definition) is 4.